The van der Waals surface area contributed by atoms with Crippen molar-refractivity contribution in [2.75, 3.05) is 13.2 Å². The molecule has 0 bridgehead atoms. The van der Waals surface area contributed by atoms with Crippen molar-refractivity contribution in [3.63, 3.8) is 0 Å². The molecule has 4 unspecified atom stereocenters. The lowest BCUT2D eigenvalue weighted by atomic mass is 9.96. The van der Waals surface area contributed by atoms with E-state index < -0.39 is 28.2 Å². The van der Waals surface area contributed by atoms with Gasteiger partial charge in [-0.15, -0.1) is 0 Å². The third-order valence-corrected chi connectivity index (χ3v) is 4.93. The molecule has 2 saturated carbocycles. The maximum absolute atomic E-state index is 12.0. The number of hydrogen-bond acceptors (Lipinski definition) is 6. The summed E-state index contributed by atoms with van der Waals surface area (Å²) in [6.07, 6.45) is 1.06. The standard InChI is InChI=1S/C17H22N2O4/c1-11-5-16(11,7-18)13(20)22-9-15(3,4)10-23-14(21)17(8-19)6-12(17)2/h11-12H,5-6,9-10H2,1-4H3. The Morgan fingerprint density at radius 3 is 1.52 bits per heavy atom. The SMILES string of the molecule is CC1CC1(C#N)C(=O)OCC(C)(C)COC(=O)C1(C#N)CC1C. The number of hydrogen-bond donors (Lipinski definition) is 0. The summed E-state index contributed by atoms with van der Waals surface area (Å²) in [6.45, 7) is 7.41. The predicted octanol–water partition coefficient (Wildman–Crippen LogP) is 2.20. The Labute approximate surface area is 136 Å². The van der Waals surface area contributed by atoms with Gasteiger partial charge in [0.2, 0.25) is 0 Å². The van der Waals surface area contributed by atoms with Crippen LogP contribution < -0.4 is 0 Å². The van der Waals surface area contributed by atoms with E-state index in [9.17, 15) is 9.59 Å². The Morgan fingerprint density at radius 1 is 1.00 bits per heavy atom. The van der Waals surface area contributed by atoms with E-state index in [1.165, 1.54) is 0 Å². The van der Waals surface area contributed by atoms with E-state index in [0.29, 0.717) is 12.8 Å². The van der Waals surface area contributed by atoms with Crippen molar-refractivity contribution in [3.05, 3.63) is 0 Å². The summed E-state index contributed by atoms with van der Waals surface area (Å²) < 4.78 is 10.5. The number of esters is 2. The quantitative estimate of drug-likeness (QED) is 0.696. The van der Waals surface area contributed by atoms with E-state index in [1.807, 2.05) is 26.0 Å². The number of rotatable bonds is 6. The second-order valence-electron chi connectivity index (χ2n) is 7.69. The molecule has 6 heteroatoms. The molecule has 4 atom stereocenters. The first-order chi connectivity index (χ1) is 10.6. The highest BCUT2D eigenvalue weighted by Gasteiger charge is 2.61. The average molecular weight is 318 g/mol. The molecule has 0 aromatic carbocycles. The zero-order chi connectivity index (χ0) is 17.5. The molecule has 0 spiro atoms. The van der Waals surface area contributed by atoms with Gasteiger partial charge in [-0.25, -0.2) is 0 Å². The van der Waals surface area contributed by atoms with Gasteiger partial charge in [0, 0.05) is 5.41 Å². The van der Waals surface area contributed by atoms with E-state index in [0.717, 1.165) is 0 Å². The Bertz CT molecular complexity index is 563. The van der Waals surface area contributed by atoms with Crippen LogP contribution in [0.2, 0.25) is 0 Å². The molecule has 2 aliphatic rings. The summed E-state index contributed by atoms with van der Waals surface area (Å²) in [5.41, 5.74) is -2.57. The van der Waals surface area contributed by atoms with Crippen molar-refractivity contribution in [2.45, 2.75) is 40.5 Å². The molecule has 0 aromatic rings. The summed E-state index contributed by atoms with van der Waals surface area (Å²) in [7, 11) is 0. The Balaban J connectivity index is 1.82. The van der Waals surface area contributed by atoms with Gasteiger partial charge in [-0.1, -0.05) is 27.7 Å². The molecule has 2 fully saturated rings. The number of ether oxygens (including phenoxy) is 2. The summed E-state index contributed by atoms with van der Waals surface area (Å²) in [6, 6.07) is 4.07. The fraction of sp³-hybridized carbons (Fsp3) is 0.765. The molecular formula is C17H22N2O4. The maximum Gasteiger partial charge on any atom is 0.326 e. The van der Waals surface area contributed by atoms with Crippen LogP contribution in [0.3, 0.4) is 0 Å². The molecule has 2 aliphatic carbocycles. The van der Waals surface area contributed by atoms with Crippen molar-refractivity contribution in [3.8, 4) is 12.1 Å². The Morgan fingerprint density at radius 2 is 1.30 bits per heavy atom. The molecule has 2 rings (SSSR count). The lowest BCUT2D eigenvalue weighted by molar-refractivity contribution is -0.157. The Kier molecular flexibility index (Phi) is 4.15. The van der Waals surface area contributed by atoms with Gasteiger partial charge < -0.3 is 9.47 Å². The van der Waals surface area contributed by atoms with Crippen LogP contribution in [0.15, 0.2) is 0 Å². The van der Waals surface area contributed by atoms with Crippen molar-refractivity contribution in [1.82, 2.24) is 0 Å². The fourth-order valence-electron chi connectivity index (χ4n) is 2.64. The number of carbonyl (C=O) groups excluding carboxylic acids is 2. The molecule has 0 aromatic heterocycles. The first-order valence-corrected chi connectivity index (χ1v) is 7.80. The first-order valence-electron chi connectivity index (χ1n) is 7.80. The molecule has 0 N–H and O–H groups in total. The lowest BCUT2D eigenvalue weighted by Crippen LogP contribution is -2.32. The first kappa shape index (κ1) is 17.3. The van der Waals surface area contributed by atoms with Crippen molar-refractivity contribution in [1.29, 1.82) is 10.5 Å². The molecule has 0 saturated heterocycles. The third-order valence-electron chi connectivity index (χ3n) is 4.93. The highest BCUT2D eigenvalue weighted by molar-refractivity contribution is 5.84. The van der Waals surface area contributed by atoms with E-state index >= 15 is 0 Å². The van der Waals surface area contributed by atoms with E-state index in [-0.39, 0.29) is 25.0 Å². The number of nitriles is 2. The minimum atomic E-state index is -0.999. The topological polar surface area (TPSA) is 100 Å². The minimum absolute atomic E-state index is 0.0211. The second kappa shape index (κ2) is 5.53. The van der Waals surface area contributed by atoms with Crippen LogP contribution in [0.4, 0.5) is 0 Å². The monoisotopic (exact) mass is 318 g/mol. The summed E-state index contributed by atoms with van der Waals surface area (Å²) in [5.74, 6) is -0.965. The molecule has 6 nitrogen and oxygen atoms in total. The van der Waals surface area contributed by atoms with Crippen LogP contribution in [-0.4, -0.2) is 25.2 Å². The van der Waals surface area contributed by atoms with Gasteiger partial charge in [0.25, 0.3) is 0 Å². The van der Waals surface area contributed by atoms with E-state index in [2.05, 4.69) is 0 Å². The molecule has 0 heterocycles. The second-order valence-corrected chi connectivity index (χ2v) is 7.69. The van der Waals surface area contributed by atoms with Crippen molar-refractivity contribution >= 4 is 11.9 Å². The Hall–Kier alpha value is -2.08. The zero-order valence-electron chi connectivity index (χ0n) is 14.0. The van der Waals surface area contributed by atoms with E-state index in [1.54, 1.807) is 13.8 Å². The summed E-state index contributed by atoms with van der Waals surface area (Å²) in [5, 5.41) is 18.2. The lowest BCUT2D eigenvalue weighted by Gasteiger charge is -2.25. The highest BCUT2D eigenvalue weighted by Crippen LogP contribution is 2.53. The average Bonchev–Trinajstić information content (AvgIpc) is 3.38. The van der Waals surface area contributed by atoms with Gasteiger partial charge in [0.05, 0.1) is 25.4 Å². The minimum Gasteiger partial charge on any atom is -0.464 e. The molecule has 0 aliphatic heterocycles. The van der Waals surface area contributed by atoms with Crippen LogP contribution in [0.5, 0.6) is 0 Å². The number of carbonyl (C=O) groups is 2. The van der Waals surface area contributed by atoms with Crippen LogP contribution in [0.25, 0.3) is 0 Å². The van der Waals surface area contributed by atoms with Crippen LogP contribution in [0.1, 0.15) is 40.5 Å². The van der Waals surface area contributed by atoms with Crippen LogP contribution in [-0.2, 0) is 19.1 Å². The van der Waals surface area contributed by atoms with Gasteiger partial charge >= 0.3 is 11.9 Å². The van der Waals surface area contributed by atoms with Gasteiger partial charge in [-0.05, 0) is 24.7 Å². The predicted molar refractivity (Wildman–Crippen MR) is 79.4 cm³/mol. The smallest absolute Gasteiger partial charge is 0.326 e. The summed E-state index contributed by atoms with van der Waals surface area (Å²) in [4.78, 5) is 24.0. The van der Waals surface area contributed by atoms with Crippen molar-refractivity contribution < 1.29 is 19.1 Å². The van der Waals surface area contributed by atoms with Crippen LogP contribution >= 0.6 is 0 Å². The highest BCUT2D eigenvalue weighted by atomic mass is 16.5. The van der Waals surface area contributed by atoms with Gasteiger partial charge in [0.1, 0.15) is 0 Å². The molecule has 0 amide bonds. The molecule has 124 valence electrons. The molecular weight excluding hydrogens is 296 g/mol. The normalized spacial score (nSPS) is 34.7. The zero-order valence-corrected chi connectivity index (χ0v) is 14.0. The van der Waals surface area contributed by atoms with Crippen LogP contribution in [0, 0.1) is 50.7 Å². The van der Waals surface area contributed by atoms with Gasteiger partial charge in [-0.2, -0.15) is 10.5 Å². The number of nitrogens with zero attached hydrogens (tertiary/aromatic N) is 2. The van der Waals surface area contributed by atoms with Crippen molar-refractivity contribution in [2.24, 2.45) is 28.1 Å². The van der Waals surface area contributed by atoms with Gasteiger partial charge in [0.15, 0.2) is 10.8 Å². The third kappa shape index (κ3) is 3.03. The van der Waals surface area contributed by atoms with E-state index in [4.69, 9.17) is 20.0 Å². The summed E-state index contributed by atoms with van der Waals surface area (Å²) >= 11 is 0. The molecule has 23 heavy (non-hydrogen) atoms. The largest absolute Gasteiger partial charge is 0.464 e. The molecule has 0 radical (unpaired) electrons. The fourth-order valence-corrected chi connectivity index (χ4v) is 2.64. The maximum atomic E-state index is 12.0. The van der Waals surface area contributed by atoms with Gasteiger partial charge in [-0.3, -0.25) is 9.59 Å².